The molecule has 1 nitrogen and oxygen atoms in total. The van der Waals surface area contributed by atoms with Gasteiger partial charge in [-0.2, -0.15) is 13.2 Å². The molecule has 0 aromatic rings. The third kappa shape index (κ3) is 7.54. The van der Waals surface area contributed by atoms with Crippen LogP contribution in [-0.4, -0.2) is 25.8 Å². The summed E-state index contributed by atoms with van der Waals surface area (Å²) in [6, 6.07) is 0.0621. The van der Waals surface area contributed by atoms with Gasteiger partial charge in [-0.15, -0.1) is 22.2 Å². The standard InChI is InChI=1S/C5H8Cl2F4OSi/c1-13(6,7)3-2-12-4(8)5(9,10)11/h4H,2-3H2,1H3. The van der Waals surface area contributed by atoms with Crippen LogP contribution in [0.1, 0.15) is 0 Å². The van der Waals surface area contributed by atoms with E-state index >= 15 is 0 Å². The fraction of sp³-hybridized carbons (Fsp3) is 1.00. The number of hydrogen-bond acceptors (Lipinski definition) is 1. The smallest absolute Gasteiger partial charge is 0.341 e. The molecule has 0 aliphatic carbocycles. The summed E-state index contributed by atoms with van der Waals surface area (Å²) < 4.78 is 50.5. The quantitative estimate of drug-likeness (QED) is 0.427. The molecule has 13 heavy (non-hydrogen) atoms. The minimum absolute atomic E-state index is 0.0621. The van der Waals surface area contributed by atoms with Crippen molar-refractivity contribution in [3.05, 3.63) is 0 Å². The van der Waals surface area contributed by atoms with Gasteiger partial charge in [0.05, 0.1) is 6.61 Å². The lowest BCUT2D eigenvalue weighted by molar-refractivity contribution is -0.263. The van der Waals surface area contributed by atoms with E-state index in [-0.39, 0.29) is 6.04 Å². The van der Waals surface area contributed by atoms with E-state index in [1.165, 1.54) is 6.55 Å². The van der Waals surface area contributed by atoms with Crippen molar-refractivity contribution < 1.29 is 22.3 Å². The van der Waals surface area contributed by atoms with Crippen LogP contribution in [0.3, 0.4) is 0 Å². The number of hydrogen-bond donors (Lipinski definition) is 0. The Kier molecular flexibility index (Phi) is 4.99. The second-order valence-electron chi connectivity index (χ2n) is 2.55. The molecular formula is C5H8Cl2F4OSi. The molecule has 0 spiro atoms. The lowest BCUT2D eigenvalue weighted by Crippen LogP contribution is -2.29. The summed E-state index contributed by atoms with van der Waals surface area (Å²) in [4.78, 5) is 0. The van der Waals surface area contributed by atoms with Gasteiger partial charge in [0.1, 0.15) is 0 Å². The van der Waals surface area contributed by atoms with Crippen LogP contribution < -0.4 is 0 Å². The molecule has 8 heteroatoms. The summed E-state index contributed by atoms with van der Waals surface area (Å²) >= 11 is 11.1. The van der Waals surface area contributed by atoms with Crippen molar-refractivity contribution in [2.45, 2.75) is 25.1 Å². The fourth-order valence-electron chi connectivity index (χ4n) is 0.436. The zero-order chi connectivity index (χ0) is 10.7. The molecule has 1 atom stereocenters. The summed E-state index contributed by atoms with van der Waals surface area (Å²) in [6.07, 6.45) is -8.23. The Morgan fingerprint density at radius 1 is 1.38 bits per heavy atom. The maximum atomic E-state index is 12.1. The van der Waals surface area contributed by atoms with E-state index in [1.807, 2.05) is 0 Å². The second kappa shape index (κ2) is 4.81. The minimum Gasteiger partial charge on any atom is -0.341 e. The Hall–Kier alpha value is 0.477. The first-order valence-corrected chi connectivity index (χ1v) is 8.06. The Bertz CT molecular complexity index is 158. The second-order valence-corrected chi connectivity index (χ2v) is 10.8. The first kappa shape index (κ1) is 13.5. The first-order chi connectivity index (χ1) is 5.63. The van der Waals surface area contributed by atoms with E-state index in [4.69, 9.17) is 22.2 Å². The average molecular weight is 259 g/mol. The molecule has 0 radical (unpaired) electrons. The number of ether oxygens (including phenoxy) is 1. The Morgan fingerprint density at radius 2 is 1.85 bits per heavy atom. The van der Waals surface area contributed by atoms with Crippen molar-refractivity contribution in [2.24, 2.45) is 0 Å². The van der Waals surface area contributed by atoms with E-state index in [2.05, 4.69) is 4.74 Å². The van der Waals surface area contributed by atoms with Crippen LogP contribution in [-0.2, 0) is 4.74 Å². The highest BCUT2D eigenvalue weighted by Crippen LogP contribution is 2.25. The number of alkyl halides is 4. The van der Waals surface area contributed by atoms with Gasteiger partial charge in [-0.05, 0) is 12.6 Å². The van der Waals surface area contributed by atoms with E-state index in [0.717, 1.165) is 0 Å². The summed E-state index contributed by atoms with van der Waals surface area (Å²) in [5.41, 5.74) is 0. The molecule has 0 N–H and O–H groups in total. The molecule has 0 saturated carbocycles. The van der Waals surface area contributed by atoms with Crippen LogP contribution in [0.5, 0.6) is 0 Å². The van der Waals surface area contributed by atoms with Gasteiger partial charge in [0.15, 0.2) is 0 Å². The summed E-state index contributed by atoms with van der Waals surface area (Å²) in [6.45, 7) is -1.40. The van der Waals surface area contributed by atoms with Gasteiger partial charge in [-0.3, -0.25) is 0 Å². The number of rotatable bonds is 4. The summed E-state index contributed by atoms with van der Waals surface area (Å²) in [5.74, 6) is 0. The van der Waals surface area contributed by atoms with Gasteiger partial charge in [-0.1, -0.05) is 0 Å². The van der Waals surface area contributed by atoms with Crippen LogP contribution in [0.4, 0.5) is 17.6 Å². The molecule has 0 amide bonds. The molecule has 0 aliphatic rings. The maximum Gasteiger partial charge on any atom is 0.445 e. The third-order valence-corrected chi connectivity index (χ3v) is 3.28. The normalized spacial score (nSPS) is 15.9. The molecule has 1 unspecified atom stereocenters. The molecule has 0 saturated heterocycles. The molecular weight excluding hydrogens is 251 g/mol. The highest BCUT2D eigenvalue weighted by molar-refractivity contribution is 7.44. The third-order valence-electron chi connectivity index (χ3n) is 1.06. The zero-order valence-corrected chi connectivity index (χ0v) is 9.18. The molecule has 0 rings (SSSR count). The van der Waals surface area contributed by atoms with E-state index in [1.54, 1.807) is 0 Å². The summed E-state index contributed by atoms with van der Waals surface area (Å²) in [5, 5.41) is 0. The monoisotopic (exact) mass is 258 g/mol. The Morgan fingerprint density at radius 3 is 2.15 bits per heavy atom. The van der Waals surface area contributed by atoms with Gasteiger partial charge in [0, 0.05) is 0 Å². The average Bonchev–Trinajstić information content (AvgIpc) is 1.82. The maximum absolute atomic E-state index is 12.1. The first-order valence-electron chi connectivity index (χ1n) is 3.33. The highest BCUT2D eigenvalue weighted by Gasteiger charge is 2.41. The van der Waals surface area contributed by atoms with Crippen LogP contribution in [0.2, 0.25) is 12.6 Å². The molecule has 80 valence electrons. The summed E-state index contributed by atoms with van der Waals surface area (Å²) in [7, 11) is 0. The minimum atomic E-state index is -4.98. The van der Waals surface area contributed by atoms with Crippen molar-refractivity contribution in [3.63, 3.8) is 0 Å². The molecule has 0 aromatic carbocycles. The lowest BCUT2D eigenvalue weighted by atomic mass is 10.6. The van der Waals surface area contributed by atoms with Crippen LogP contribution in [0.15, 0.2) is 0 Å². The van der Waals surface area contributed by atoms with Crippen molar-refractivity contribution >= 4 is 28.9 Å². The van der Waals surface area contributed by atoms with Gasteiger partial charge < -0.3 is 4.74 Å². The topological polar surface area (TPSA) is 9.23 Å². The fourth-order valence-corrected chi connectivity index (χ4v) is 1.38. The highest BCUT2D eigenvalue weighted by atomic mass is 35.7. The van der Waals surface area contributed by atoms with E-state index in [9.17, 15) is 17.6 Å². The lowest BCUT2D eigenvalue weighted by Gasteiger charge is -2.14. The van der Waals surface area contributed by atoms with Crippen LogP contribution in [0.25, 0.3) is 0 Å². The number of halogens is 6. The molecule has 0 heterocycles. The van der Waals surface area contributed by atoms with Crippen molar-refractivity contribution in [2.75, 3.05) is 6.61 Å². The molecule has 0 fully saturated rings. The van der Waals surface area contributed by atoms with Crippen molar-refractivity contribution in [1.29, 1.82) is 0 Å². The van der Waals surface area contributed by atoms with Gasteiger partial charge >= 0.3 is 6.18 Å². The van der Waals surface area contributed by atoms with E-state index in [0.29, 0.717) is 0 Å². The molecule has 0 aliphatic heterocycles. The SMILES string of the molecule is C[Si](Cl)(Cl)CCOC(F)C(F)(F)F. The van der Waals surface area contributed by atoms with Gasteiger partial charge in [-0.25, -0.2) is 4.39 Å². The Balaban J connectivity index is 3.67. The predicted octanol–water partition coefficient (Wildman–Crippen LogP) is 3.41. The molecule has 0 bridgehead atoms. The van der Waals surface area contributed by atoms with Gasteiger partial charge in [0.2, 0.25) is 0 Å². The Labute approximate surface area is 83.4 Å². The van der Waals surface area contributed by atoms with Crippen molar-refractivity contribution in [3.8, 4) is 0 Å². The largest absolute Gasteiger partial charge is 0.445 e. The molecule has 0 aromatic heterocycles. The zero-order valence-electron chi connectivity index (χ0n) is 6.67. The van der Waals surface area contributed by atoms with Gasteiger partial charge in [0.25, 0.3) is 13.1 Å². The van der Waals surface area contributed by atoms with E-state index < -0.39 is 25.8 Å². The van der Waals surface area contributed by atoms with Crippen LogP contribution >= 0.6 is 22.2 Å². The van der Waals surface area contributed by atoms with Crippen LogP contribution in [0, 0.1) is 0 Å². The predicted molar refractivity (Wildman–Crippen MR) is 45.0 cm³/mol. The van der Waals surface area contributed by atoms with Crippen molar-refractivity contribution in [1.82, 2.24) is 0 Å².